The van der Waals surface area contributed by atoms with Gasteiger partial charge in [-0.2, -0.15) is 0 Å². The number of hydrogen-bond acceptors (Lipinski definition) is 5. The Hall–Kier alpha value is -1.62. The molecule has 0 bridgehead atoms. The van der Waals surface area contributed by atoms with Crippen LogP contribution in [0.1, 0.15) is 91.9 Å². The maximum absolute atomic E-state index is 11.1. The molecule has 1 rings (SSSR count). The average Bonchev–Trinajstić information content (AvgIpc) is 3.55. The molecule has 0 aromatic heterocycles. The van der Waals surface area contributed by atoms with Crippen molar-refractivity contribution in [2.45, 2.75) is 91.9 Å². The molecule has 1 saturated heterocycles. The van der Waals surface area contributed by atoms with Gasteiger partial charge in [0.25, 0.3) is 0 Å². The lowest BCUT2D eigenvalue weighted by atomic mass is 10.1. The van der Waals surface area contributed by atoms with Crippen molar-refractivity contribution >= 4 is 11.9 Å². The second-order valence-electron chi connectivity index (χ2n) is 7.35. The van der Waals surface area contributed by atoms with Gasteiger partial charge in [0, 0.05) is 24.2 Å². The quantitative estimate of drug-likeness (QED) is 0.171. The average molecular weight is 412 g/mol. The molecule has 5 nitrogen and oxygen atoms in total. The predicted octanol–water partition coefficient (Wildman–Crippen LogP) is 5.74. The van der Waals surface area contributed by atoms with Crippen LogP contribution in [0.5, 0.6) is 0 Å². The minimum Gasteiger partial charge on any atom is -0.463 e. The second kappa shape index (κ2) is 22.7. The maximum atomic E-state index is 11.1. The van der Waals surface area contributed by atoms with Crippen LogP contribution >= 0.6 is 0 Å². The molecule has 5 heteroatoms. The summed E-state index contributed by atoms with van der Waals surface area (Å²) in [6, 6.07) is 0. The van der Waals surface area contributed by atoms with Crippen LogP contribution in [-0.4, -0.2) is 38.2 Å². The van der Waals surface area contributed by atoms with E-state index in [1.54, 1.807) is 20.8 Å². The summed E-state index contributed by atoms with van der Waals surface area (Å²) in [5, 5.41) is 3.00. The molecule has 1 aliphatic rings. The predicted molar refractivity (Wildman–Crippen MR) is 122 cm³/mol. The molecule has 0 radical (unpaired) electrons. The van der Waals surface area contributed by atoms with E-state index in [-0.39, 0.29) is 11.9 Å². The topological polar surface area (TPSA) is 74.5 Å². The molecule has 29 heavy (non-hydrogen) atoms. The van der Waals surface area contributed by atoms with Crippen molar-refractivity contribution in [3.63, 3.8) is 0 Å². The standard InChI is InChI=1S/C16H30O2.C6H10O2.C2H5N/c1-4-5-6-7-8-9-10-11-12-13-14-18-16(17)15(2)3;1-4-8-6(7)5(2)3;1-2-3-1/h2,4-14H2,1,3H3;2,4H2,1,3H3;3H,1-2H2. The molecule has 0 saturated carbocycles. The molecule has 1 fully saturated rings. The first-order chi connectivity index (χ1) is 13.9. The largest absolute Gasteiger partial charge is 0.463 e. The third-order valence-electron chi connectivity index (χ3n) is 3.95. The number of unbranched alkanes of at least 4 members (excludes halogenated alkanes) is 9. The van der Waals surface area contributed by atoms with Crippen molar-refractivity contribution in [1.29, 1.82) is 0 Å². The van der Waals surface area contributed by atoms with Crippen molar-refractivity contribution in [2.24, 2.45) is 0 Å². The van der Waals surface area contributed by atoms with Crippen molar-refractivity contribution in [1.82, 2.24) is 5.32 Å². The van der Waals surface area contributed by atoms with Crippen LogP contribution < -0.4 is 5.32 Å². The summed E-state index contributed by atoms with van der Waals surface area (Å²) in [5.41, 5.74) is 0.939. The van der Waals surface area contributed by atoms with Crippen LogP contribution in [0.3, 0.4) is 0 Å². The Morgan fingerprint density at radius 3 is 1.41 bits per heavy atom. The second-order valence-corrected chi connectivity index (χ2v) is 7.35. The van der Waals surface area contributed by atoms with E-state index >= 15 is 0 Å². The Balaban J connectivity index is 0. The molecule has 1 aliphatic heterocycles. The first-order valence-electron chi connectivity index (χ1n) is 11.2. The van der Waals surface area contributed by atoms with E-state index in [0.29, 0.717) is 24.4 Å². The number of rotatable bonds is 14. The van der Waals surface area contributed by atoms with E-state index in [1.807, 2.05) is 0 Å². The van der Waals surface area contributed by atoms with Gasteiger partial charge in [0.15, 0.2) is 0 Å². The zero-order chi connectivity index (χ0) is 22.3. The summed E-state index contributed by atoms with van der Waals surface area (Å²) in [6.45, 7) is 17.7. The summed E-state index contributed by atoms with van der Waals surface area (Å²) in [5.74, 6) is -0.571. The monoisotopic (exact) mass is 411 g/mol. The van der Waals surface area contributed by atoms with Gasteiger partial charge < -0.3 is 14.8 Å². The van der Waals surface area contributed by atoms with E-state index in [2.05, 4.69) is 30.1 Å². The van der Waals surface area contributed by atoms with Crippen molar-refractivity contribution < 1.29 is 19.1 Å². The molecule has 0 aliphatic carbocycles. The van der Waals surface area contributed by atoms with Gasteiger partial charge in [-0.25, -0.2) is 9.59 Å². The van der Waals surface area contributed by atoms with Gasteiger partial charge in [-0.15, -0.1) is 0 Å². The third kappa shape index (κ3) is 28.7. The fourth-order valence-corrected chi connectivity index (χ4v) is 2.13. The minimum atomic E-state index is -0.312. The van der Waals surface area contributed by atoms with Gasteiger partial charge in [-0.3, -0.25) is 0 Å². The lowest BCUT2D eigenvalue weighted by Gasteiger charge is -2.04. The molecule has 170 valence electrons. The first kappa shape index (κ1) is 29.6. The van der Waals surface area contributed by atoms with Crippen LogP contribution in [0.4, 0.5) is 0 Å². The normalized spacial score (nSPS) is 11.2. The zero-order valence-electron chi connectivity index (χ0n) is 19.4. The summed E-state index contributed by atoms with van der Waals surface area (Å²) in [4.78, 5) is 21.5. The van der Waals surface area contributed by atoms with Gasteiger partial charge in [-0.1, -0.05) is 77.9 Å². The van der Waals surface area contributed by atoms with Crippen molar-refractivity contribution in [2.75, 3.05) is 26.3 Å². The van der Waals surface area contributed by atoms with Gasteiger partial charge in [0.05, 0.1) is 13.2 Å². The van der Waals surface area contributed by atoms with Gasteiger partial charge in [0.1, 0.15) is 0 Å². The highest BCUT2D eigenvalue weighted by atomic mass is 16.5. The summed E-state index contributed by atoms with van der Waals surface area (Å²) in [7, 11) is 0. The lowest BCUT2D eigenvalue weighted by molar-refractivity contribution is -0.139. The molecule has 0 atom stereocenters. The van der Waals surface area contributed by atoms with E-state index in [0.717, 1.165) is 6.42 Å². The highest BCUT2D eigenvalue weighted by Gasteiger charge is 2.01. The Labute approximate surface area is 179 Å². The molecule has 0 spiro atoms. The Morgan fingerprint density at radius 1 is 0.724 bits per heavy atom. The smallest absolute Gasteiger partial charge is 0.333 e. The van der Waals surface area contributed by atoms with E-state index in [4.69, 9.17) is 4.74 Å². The molecule has 0 aromatic carbocycles. The summed E-state index contributed by atoms with van der Waals surface area (Å²) >= 11 is 0. The Morgan fingerprint density at radius 2 is 1.10 bits per heavy atom. The first-order valence-corrected chi connectivity index (χ1v) is 11.2. The number of hydrogen-bond donors (Lipinski definition) is 1. The number of carbonyl (C=O) groups excluding carboxylic acids is 2. The zero-order valence-corrected chi connectivity index (χ0v) is 19.4. The highest BCUT2D eigenvalue weighted by molar-refractivity contribution is 5.87. The van der Waals surface area contributed by atoms with Crippen LogP contribution in [0, 0.1) is 0 Å². The number of carbonyl (C=O) groups is 2. The van der Waals surface area contributed by atoms with Gasteiger partial charge in [-0.05, 0) is 27.2 Å². The highest BCUT2D eigenvalue weighted by Crippen LogP contribution is 2.10. The molecular weight excluding hydrogens is 366 g/mol. The molecule has 0 unspecified atom stereocenters. The van der Waals surface area contributed by atoms with Crippen LogP contribution in [0.2, 0.25) is 0 Å². The number of esters is 2. The van der Waals surface area contributed by atoms with Gasteiger partial charge >= 0.3 is 11.9 Å². The van der Waals surface area contributed by atoms with E-state index < -0.39 is 0 Å². The fourth-order valence-electron chi connectivity index (χ4n) is 2.13. The van der Waals surface area contributed by atoms with Crippen LogP contribution in [-0.2, 0) is 19.1 Å². The van der Waals surface area contributed by atoms with E-state index in [9.17, 15) is 9.59 Å². The number of nitrogens with one attached hydrogen (secondary N) is 1. The van der Waals surface area contributed by atoms with E-state index in [1.165, 1.54) is 70.9 Å². The fraction of sp³-hybridized carbons (Fsp3) is 0.750. The van der Waals surface area contributed by atoms with Crippen LogP contribution in [0.25, 0.3) is 0 Å². The summed E-state index contributed by atoms with van der Waals surface area (Å²) < 4.78 is 9.60. The van der Waals surface area contributed by atoms with Crippen molar-refractivity contribution in [3.8, 4) is 0 Å². The SMILES string of the molecule is C1CN1.C=C(C)C(=O)OCC.C=C(C)C(=O)OCCCCCCCCCCCC. The summed E-state index contributed by atoms with van der Waals surface area (Å²) in [6.07, 6.45) is 13.0. The Bertz CT molecular complexity index is 441. The molecular formula is C24H45NO4. The van der Waals surface area contributed by atoms with Crippen molar-refractivity contribution in [3.05, 3.63) is 24.3 Å². The maximum Gasteiger partial charge on any atom is 0.333 e. The minimum absolute atomic E-state index is 0.258. The molecule has 0 aromatic rings. The third-order valence-corrected chi connectivity index (χ3v) is 3.95. The Kier molecular flexibility index (Phi) is 23.1. The lowest BCUT2D eigenvalue weighted by Crippen LogP contribution is -2.05. The van der Waals surface area contributed by atoms with Gasteiger partial charge in [0.2, 0.25) is 0 Å². The molecule has 0 amide bonds. The molecule has 1 heterocycles. The molecule has 1 N–H and O–H groups in total. The van der Waals surface area contributed by atoms with Crippen LogP contribution in [0.15, 0.2) is 24.3 Å². The number of ether oxygens (including phenoxy) is 2.